The Balaban J connectivity index is 2.84. The Hall–Kier alpha value is -0.130. The predicted molar refractivity (Wildman–Crippen MR) is 90.5 cm³/mol. The fourth-order valence-electron chi connectivity index (χ4n) is 2.79. The Morgan fingerprint density at radius 2 is 1.67 bits per heavy atom. The normalized spacial score (nSPS) is 23.2. The number of nitrogens with one attached hydrogen (secondary N) is 1. The van der Waals surface area contributed by atoms with E-state index in [0.717, 1.165) is 25.9 Å². The fourth-order valence-corrected chi connectivity index (χ4v) is 3.87. The minimum atomic E-state index is -3.06. The van der Waals surface area contributed by atoms with Gasteiger partial charge in [0, 0.05) is 30.7 Å². The van der Waals surface area contributed by atoms with Crippen molar-refractivity contribution in [2.75, 3.05) is 25.4 Å². The number of hydrogen-bond acceptors (Lipinski definition) is 4. The van der Waals surface area contributed by atoms with E-state index in [-0.39, 0.29) is 16.8 Å². The minimum Gasteiger partial charge on any atom is -0.308 e. The summed E-state index contributed by atoms with van der Waals surface area (Å²) in [4.78, 5) is 2.36. The van der Waals surface area contributed by atoms with Crippen LogP contribution in [-0.2, 0) is 9.84 Å². The first-order chi connectivity index (χ1) is 9.39. The second-order valence-electron chi connectivity index (χ2n) is 8.01. The summed E-state index contributed by atoms with van der Waals surface area (Å²) in [5.74, 6) is 0.240. The molecule has 1 N–H and O–H groups in total. The van der Waals surface area contributed by atoms with E-state index in [2.05, 4.69) is 37.9 Å². The molecule has 1 heterocycles. The second kappa shape index (κ2) is 6.17. The van der Waals surface area contributed by atoms with Crippen molar-refractivity contribution in [3.05, 3.63) is 0 Å². The van der Waals surface area contributed by atoms with E-state index in [9.17, 15) is 8.42 Å². The smallest absolute Gasteiger partial charge is 0.156 e. The molecule has 0 radical (unpaired) electrons. The highest BCUT2D eigenvalue weighted by atomic mass is 32.2. The highest BCUT2D eigenvalue weighted by Crippen LogP contribution is 2.28. The third-order valence-corrected chi connectivity index (χ3v) is 7.75. The molecule has 0 bridgehead atoms. The summed E-state index contributed by atoms with van der Waals surface area (Å²) in [6.07, 6.45) is 2.14. The molecular weight excluding hydrogens is 284 g/mol. The summed E-state index contributed by atoms with van der Waals surface area (Å²) in [7, 11) is -3.06. The standard InChI is InChI=1S/C16H34N2O2S/c1-8-16(9-2)13-18(15(6,7)12-17-16)10-11-21(19,20)14(3,4)5/h17H,8-13H2,1-7H3. The largest absolute Gasteiger partial charge is 0.308 e. The van der Waals surface area contributed by atoms with Gasteiger partial charge in [-0.05, 0) is 47.5 Å². The predicted octanol–water partition coefficient (Wildman–Crippen LogP) is 2.44. The molecule has 0 aromatic carbocycles. The molecule has 1 rings (SSSR count). The van der Waals surface area contributed by atoms with Crippen LogP contribution in [0.5, 0.6) is 0 Å². The molecule has 0 saturated carbocycles. The molecule has 21 heavy (non-hydrogen) atoms. The van der Waals surface area contributed by atoms with Gasteiger partial charge in [-0.1, -0.05) is 13.8 Å². The summed E-state index contributed by atoms with van der Waals surface area (Å²) >= 11 is 0. The molecule has 0 aromatic rings. The van der Waals surface area contributed by atoms with Crippen LogP contribution in [0.4, 0.5) is 0 Å². The van der Waals surface area contributed by atoms with E-state index >= 15 is 0 Å². The van der Waals surface area contributed by atoms with Gasteiger partial charge < -0.3 is 5.32 Å². The van der Waals surface area contributed by atoms with E-state index in [1.54, 1.807) is 20.8 Å². The van der Waals surface area contributed by atoms with Crippen LogP contribution in [0.25, 0.3) is 0 Å². The third-order valence-electron chi connectivity index (χ3n) is 5.16. The lowest BCUT2D eigenvalue weighted by atomic mass is 9.85. The maximum atomic E-state index is 12.4. The van der Waals surface area contributed by atoms with E-state index in [1.165, 1.54) is 0 Å². The van der Waals surface area contributed by atoms with Crippen LogP contribution in [0.15, 0.2) is 0 Å². The summed E-state index contributed by atoms with van der Waals surface area (Å²) in [6.45, 7) is 16.6. The summed E-state index contributed by atoms with van der Waals surface area (Å²) in [5, 5.41) is 3.69. The molecule has 1 aliphatic heterocycles. The van der Waals surface area contributed by atoms with Crippen molar-refractivity contribution in [1.82, 2.24) is 10.2 Å². The Morgan fingerprint density at radius 1 is 1.14 bits per heavy atom. The highest BCUT2D eigenvalue weighted by molar-refractivity contribution is 7.92. The lowest BCUT2D eigenvalue weighted by molar-refractivity contribution is 0.0276. The van der Waals surface area contributed by atoms with Gasteiger partial charge in [0.2, 0.25) is 0 Å². The zero-order valence-electron chi connectivity index (χ0n) is 14.9. The first kappa shape index (κ1) is 18.9. The van der Waals surface area contributed by atoms with E-state index in [4.69, 9.17) is 0 Å². The van der Waals surface area contributed by atoms with Crippen molar-refractivity contribution in [1.29, 1.82) is 0 Å². The van der Waals surface area contributed by atoms with E-state index < -0.39 is 14.6 Å². The zero-order valence-corrected chi connectivity index (χ0v) is 15.7. The van der Waals surface area contributed by atoms with Crippen LogP contribution in [0, 0.1) is 0 Å². The molecule has 126 valence electrons. The molecule has 5 heteroatoms. The average molecular weight is 319 g/mol. The molecule has 1 fully saturated rings. The van der Waals surface area contributed by atoms with Gasteiger partial charge in [0.1, 0.15) is 0 Å². The van der Waals surface area contributed by atoms with Gasteiger partial charge in [0.15, 0.2) is 9.84 Å². The average Bonchev–Trinajstić information content (AvgIpc) is 2.36. The van der Waals surface area contributed by atoms with Crippen molar-refractivity contribution in [3.8, 4) is 0 Å². The Morgan fingerprint density at radius 3 is 2.10 bits per heavy atom. The van der Waals surface area contributed by atoms with Crippen molar-refractivity contribution in [2.45, 2.75) is 77.1 Å². The lowest BCUT2D eigenvalue weighted by Gasteiger charge is -2.52. The summed E-state index contributed by atoms with van der Waals surface area (Å²) in [5.41, 5.74) is 0.127. The minimum absolute atomic E-state index is 0.00123. The number of nitrogens with zero attached hydrogens (tertiary/aromatic N) is 1. The van der Waals surface area contributed by atoms with Crippen molar-refractivity contribution < 1.29 is 8.42 Å². The van der Waals surface area contributed by atoms with Crippen LogP contribution in [0.2, 0.25) is 0 Å². The van der Waals surface area contributed by atoms with E-state index in [1.807, 2.05) is 0 Å². The maximum absolute atomic E-state index is 12.4. The van der Waals surface area contributed by atoms with Gasteiger partial charge in [-0.25, -0.2) is 8.42 Å². The second-order valence-corrected chi connectivity index (χ2v) is 10.9. The molecular formula is C16H34N2O2S. The van der Waals surface area contributed by atoms with Crippen molar-refractivity contribution in [2.24, 2.45) is 0 Å². The monoisotopic (exact) mass is 318 g/mol. The van der Waals surface area contributed by atoms with Crippen LogP contribution >= 0.6 is 0 Å². The first-order valence-corrected chi connectivity index (χ1v) is 9.77. The van der Waals surface area contributed by atoms with Crippen LogP contribution < -0.4 is 5.32 Å². The van der Waals surface area contributed by atoms with Gasteiger partial charge in [0.05, 0.1) is 10.5 Å². The molecule has 0 atom stereocenters. The quantitative estimate of drug-likeness (QED) is 0.846. The molecule has 0 amide bonds. The van der Waals surface area contributed by atoms with E-state index in [0.29, 0.717) is 6.54 Å². The summed E-state index contributed by atoms with van der Waals surface area (Å²) in [6, 6.07) is 0. The molecule has 0 aromatic heterocycles. The topological polar surface area (TPSA) is 49.4 Å². The number of rotatable bonds is 5. The summed E-state index contributed by atoms with van der Waals surface area (Å²) < 4.78 is 24.1. The van der Waals surface area contributed by atoms with Crippen molar-refractivity contribution in [3.63, 3.8) is 0 Å². The van der Waals surface area contributed by atoms with Gasteiger partial charge in [-0.2, -0.15) is 0 Å². The van der Waals surface area contributed by atoms with Crippen LogP contribution in [0.3, 0.4) is 0 Å². The van der Waals surface area contributed by atoms with Crippen LogP contribution in [0.1, 0.15) is 61.3 Å². The molecule has 0 unspecified atom stereocenters. The number of hydrogen-bond donors (Lipinski definition) is 1. The Bertz CT molecular complexity index is 445. The van der Waals surface area contributed by atoms with Gasteiger partial charge in [-0.3, -0.25) is 4.90 Å². The molecule has 1 aliphatic rings. The maximum Gasteiger partial charge on any atom is 0.156 e. The SMILES string of the molecule is CCC1(CC)CN(CCS(=O)(=O)C(C)(C)C)C(C)(C)CN1. The Kier molecular flexibility index (Phi) is 5.56. The lowest BCUT2D eigenvalue weighted by Crippen LogP contribution is -2.68. The molecule has 1 saturated heterocycles. The van der Waals surface area contributed by atoms with Gasteiger partial charge in [0.25, 0.3) is 0 Å². The van der Waals surface area contributed by atoms with Crippen molar-refractivity contribution >= 4 is 9.84 Å². The van der Waals surface area contributed by atoms with Gasteiger partial charge in [-0.15, -0.1) is 0 Å². The highest BCUT2D eigenvalue weighted by Gasteiger charge is 2.41. The third kappa shape index (κ3) is 4.20. The zero-order chi connectivity index (χ0) is 16.5. The fraction of sp³-hybridized carbons (Fsp3) is 1.00. The molecule has 4 nitrogen and oxygen atoms in total. The molecule has 0 aliphatic carbocycles. The first-order valence-electron chi connectivity index (χ1n) is 8.11. The van der Waals surface area contributed by atoms with Crippen LogP contribution in [-0.4, -0.2) is 54.5 Å². The molecule has 0 spiro atoms. The van der Waals surface area contributed by atoms with Gasteiger partial charge >= 0.3 is 0 Å². The Labute approximate surface area is 131 Å². The number of sulfone groups is 1. The number of piperazine rings is 1.